The van der Waals surface area contributed by atoms with Gasteiger partial charge in [0.2, 0.25) is 5.91 Å². The number of carbonyl (C=O) groups is 1. The number of hydrogen-bond donors (Lipinski definition) is 2. The van der Waals surface area contributed by atoms with E-state index in [-0.39, 0.29) is 11.9 Å². The quantitative estimate of drug-likeness (QED) is 0.513. The van der Waals surface area contributed by atoms with Gasteiger partial charge in [-0.2, -0.15) is 0 Å². The van der Waals surface area contributed by atoms with Crippen molar-refractivity contribution in [3.63, 3.8) is 0 Å². The first kappa shape index (κ1) is 15.1. The van der Waals surface area contributed by atoms with Crippen LogP contribution in [0, 0.1) is 0 Å². The molecule has 1 atom stereocenters. The van der Waals surface area contributed by atoms with Crippen molar-refractivity contribution in [3.8, 4) is 0 Å². The zero-order valence-electron chi connectivity index (χ0n) is 10.9. The second kappa shape index (κ2) is 8.23. The summed E-state index contributed by atoms with van der Waals surface area (Å²) in [5.41, 5.74) is 0. The smallest absolute Gasteiger partial charge is 0.244 e. The van der Waals surface area contributed by atoms with Gasteiger partial charge in [-0.25, -0.2) is 0 Å². The largest absolute Gasteiger partial charge is 0.383 e. The number of methoxy groups -OCH3 is 1. The molecular formula is C11H21N3O3S. The summed E-state index contributed by atoms with van der Waals surface area (Å²) in [6.07, 6.45) is 0. The molecule has 1 fully saturated rings. The molecule has 1 amide bonds. The number of morpholine rings is 1. The molecule has 0 saturated carbocycles. The topological polar surface area (TPSA) is 62.8 Å². The van der Waals surface area contributed by atoms with E-state index in [2.05, 4.69) is 10.6 Å². The van der Waals surface area contributed by atoms with Gasteiger partial charge in [-0.05, 0) is 19.1 Å². The van der Waals surface area contributed by atoms with Crippen LogP contribution in [0.25, 0.3) is 0 Å². The van der Waals surface area contributed by atoms with Crippen LogP contribution in [0.3, 0.4) is 0 Å². The number of nitrogens with zero attached hydrogens (tertiary/aromatic N) is 1. The summed E-state index contributed by atoms with van der Waals surface area (Å²) in [5.74, 6) is 0.0502. The molecular weight excluding hydrogens is 254 g/mol. The Morgan fingerprint density at radius 2 is 2.17 bits per heavy atom. The summed E-state index contributed by atoms with van der Waals surface area (Å²) in [4.78, 5) is 13.8. The first-order chi connectivity index (χ1) is 8.65. The van der Waals surface area contributed by atoms with Crippen molar-refractivity contribution < 1.29 is 14.3 Å². The van der Waals surface area contributed by atoms with E-state index in [1.54, 1.807) is 12.0 Å². The Morgan fingerprint density at radius 3 is 2.78 bits per heavy atom. The lowest BCUT2D eigenvalue weighted by molar-refractivity contribution is -0.136. The van der Waals surface area contributed by atoms with Crippen molar-refractivity contribution in [2.24, 2.45) is 0 Å². The molecule has 7 heteroatoms. The van der Waals surface area contributed by atoms with Gasteiger partial charge in [-0.15, -0.1) is 0 Å². The zero-order valence-corrected chi connectivity index (χ0v) is 11.7. The van der Waals surface area contributed by atoms with Crippen LogP contribution in [0.2, 0.25) is 0 Å². The van der Waals surface area contributed by atoms with Crippen molar-refractivity contribution in [2.45, 2.75) is 13.0 Å². The lowest BCUT2D eigenvalue weighted by Gasteiger charge is -2.29. The van der Waals surface area contributed by atoms with Crippen LogP contribution in [0.15, 0.2) is 0 Å². The molecule has 1 rings (SSSR count). The van der Waals surface area contributed by atoms with Gasteiger partial charge < -0.3 is 25.0 Å². The van der Waals surface area contributed by atoms with E-state index < -0.39 is 0 Å². The minimum atomic E-state index is -0.328. The van der Waals surface area contributed by atoms with E-state index in [1.165, 1.54) is 0 Å². The molecule has 1 heterocycles. The zero-order chi connectivity index (χ0) is 13.4. The third-order valence-corrected chi connectivity index (χ3v) is 2.89. The SMILES string of the molecule is COCCNC(=S)NC(C)C(=O)N1CCOCC1. The van der Waals surface area contributed by atoms with Crippen molar-refractivity contribution in [3.05, 3.63) is 0 Å². The monoisotopic (exact) mass is 275 g/mol. The molecule has 1 aliphatic heterocycles. The third-order valence-electron chi connectivity index (χ3n) is 2.63. The number of amides is 1. The third kappa shape index (κ3) is 5.16. The Kier molecular flexibility index (Phi) is 6.92. The van der Waals surface area contributed by atoms with E-state index in [0.717, 1.165) is 0 Å². The maximum atomic E-state index is 12.1. The van der Waals surface area contributed by atoms with Crippen LogP contribution in [-0.4, -0.2) is 68.5 Å². The molecule has 6 nitrogen and oxygen atoms in total. The molecule has 0 aliphatic carbocycles. The van der Waals surface area contributed by atoms with Crippen molar-refractivity contribution in [1.82, 2.24) is 15.5 Å². The fourth-order valence-corrected chi connectivity index (χ4v) is 1.91. The van der Waals surface area contributed by atoms with Crippen LogP contribution >= 0.6 is 12.2 Å². The Morgan fingerprint density at radius 1 is 1.50 bits per heavy atom. The van der Waals surface area contributed by atoms with Gasteiger partial charge in [-0.1, -0.05) is 0 Å². The molecule has 0 spiro atoms. The Balaban J connectivity index is 2.27. The Hall–Kier alpha value is -0.920. The second-order valence-corrected chi connectivity index (χ2v) is 4.46. The number of carbonyl (C=O) groups excluding carboxylic acids is 1. The van der Waals surface area contributed by atoms with Gasteiger partial charge in [0.1, 0.15) is 6.04 Å². The highest BCUT2D eigenvalue weighted by Gasteiger charge is 2.22. The number of ether oxygens (including phenoxy) is 2. The van der Waals surface area contributed by atoms with Gasteiger partial charge >= 0.3 is 0 Å². The minimum Gasteiger partial charge on any atom is -0.383 e. The Bertz CT molecular complexity index is 283. The summed E-state index contributed by atoms with van der Waals surface area (Å²) in [6, 6.07) is -0.328. The van der Waals surface area contributed by atoms with E-state index in [1.807, 2.05) is 6.92 Å². The molecule has 0 radical (unpaired) electrons. The Labute approximate surface area is 113 Å². The lowest BCUT2D eigenvalue weighted by atomic mass is 10.2. The second-order valence-electron chi connectivity index (χ2n) is 4.05. The van der Waals surface area contributed by atoms with Crippen LogP contribution in [0.1, 0.15) is 6.92 Å². The van der Waals surface area contributed by atoms with Gasteiger partial charge in [0.05, 0.1) is 19.8 Å². The molecule has 0 aromatic rings. The van der Waals surface area contributed by atoms with E-state index in [4.69, 9.17) is 21.7 Å². The molecule has 1 unspecified atom stereocenters. The molecule has 0 bridgehead atoms. The highest BCUT2D eigenvalue weighted by atomic mass is 32.1. The van der Waals surface area contributed by atoms with Crippen LogP contribution in [-0.2, 0) is 14.3 Å². The van der Waals surface area contributed by atoms with Crippen molar-refractivity contribution in [2.75, 3.05) is 46.6 Å². The minimum absolute atomic E-state index is 0.0502. The highest BCUT2D eigenvalue weighted by molar-refractivity contribution is 7.80. The highest BCUT2D eigenvalue weighted by Crippen LogP contribution is 2.00. The van der Waals surface area contributed by atoms with Crippen molar-refractivity contribution in [1.29, 1.82) is 0 Å². The number of nitrogens with one attached hydrogen (secondary N) is 2. The maximum Gasteiger partial charge on any atom is 0.244 e. The van der Waals surface area contributed by atoms with Crippen LogP contribution in [0.4, 0.5) is 0 Å². The first-order valence-corrected chi connectivity index (χ1v) is 6.46. The summed E-state index contributed by atoms with van der Waals surface area (Å²) >= 11 is 5.09. The van der Waals surface area contributed by atoms with Gasteiger partial charge in [-0.3, -0.25) is 4.79 Å². The standard InChI is InChI=1S/C11H21N3O3S/c1-9(13-11(18)12-3-6-16-2)10(15)14-4-7-17-8-5-14/h9H,3-8H2,1-2H3,(H2,12,13,18). The summed E-state index contributed by atoms with van der Waals surface area (Å²) in [7, 11) is 1.63. The van der Waals surface area contributed by atoms with Crippen molar-refractivity contribution >= 4 is 23.2 Å². The summed E-state index contributed by atoms with van der Waals surface area (Å²) < 4.78 is 10.1. The van der Waals surface area contributed by atoms with Gasteiger partial charge in [0.25, 0.3) is 0 Å². The average molecular weight is 275 g/mol. The molecule has 0 aromatic heterocycles. The first-order valence-electron chi connectivity index (χ1n) is 6.05. The normalized spacial score (nSPS) is 17.1. The number of thiocarbonyl (C=S) groups is 1. The fraction of sp³-hybridized carbons (Fsp3) is 0.818. The summed E-state index contributed by atoms with van der Waals surface area (Å²) in [6.45, 7) is 5.52. The molecule has 104 valence electrons. The molecule has 0 aromatic carbocycles. The summed E-state index contributed by atoms with van der Waals surface area (Å²) in [5, 5.41) is 6.41. The predicted octanol–water partition coefficient (Wildman–Crippen LogP) is -0.656. The molecule has 2 N–H and O–H groups in total. The average Bonchev–Trinajstić information content (AvgIpc) is 2.39. The molecule has 1 saturated heterocycles. The van der Waals surface area contributed by atoms with E-state index >= 15 is 0 Å². The molecule has 18 heavy (non-hydrogen) atoms. The van der Waals surface area contributed by atoms with E-state index in [9.17, 15) is 4.79 Å². The predicted molar refractivity (Wildman–Crippen MR) is 72.5 cm³/mol. The van der Waals surface area contributed by atoms with Gasteiger partial charge in [0, 0.05) is 26.7 Å². The van der Waals surface area contributed by atoms with Crippen LogP contribution < -0.4 is 10.6 Å². The maximum absolute atomic E-state index is 12.1. The molecule has 1 aliphatic rings. The fourth-order valence-electron chi connectivity index (χ4n) is 1.63. The van der Waals surface area contributed by atoms with Crippen LogP contribution in [0.5, 0.6) is 0 Å². The number of hydrogen-bond acceptors (Lipinski definition) is 4. The lowest BCUT2D eigenvalue weighted by Crippen LogP contribution is -2.52. The number of rotatable bonds is 5. The van der Waals surface area contributed by atoms with E-state index in [0.29, 0.717) is 44.6 Å². The van der Waals surface area contributed by atoms with Gasteiger partial charge in [0.15, 0.2) is 5.11 Å².